The van der Waals surface area contributed by atoms with Gasteiger partial charge in [-0.2, -0.15) is 0 Å². The highest BCUT2D eigenvalue weighted by atomic mass is 16.5. The monoisotopic (exact) mass is 566 g/mol. The molecule has 4 aliphatic rings. The van der Waals surface area contributed by atoms with Crippen molar-refractivity contribution in [1.82, 2.24) is 24.3 Å². The molecule has 0 spiro atoms. The highest BCUT2D eigenvalue weighted by molar-refractivity contribution is 6.00. The summed E-state index contributed by atoms with van der Waals surface area (Å²) in [7, 11) is 3.75. The second kappa shape index (κ2) is 10.1. The molecule has 8 nitrogen and oxygen atoms in total. The van der Waals surface area contributed by atoms with Crippen LogP contribution in [0.4, 0.5) is 0 Å². The summed E-state index contributed by atoms with van der Waals surface area (Å²) in [5, 5.41) is 4.80. The van der Waals surface area contributed by atoms with Gasteiger partial charge in [0.2, 0.25) is 0 Å². The average Bonchev–Trinajstić information content (AvgIpc) is 3.39. The maximum Gasteiger partial charge on any atom is 0.254 e. The topological polar surface area (TPSA) is 90.3 Å². The van der Waals surface area contributed by atoms with E-state index in [2.05, 4.69) is 45.8 Å². The highest BCUT2D eigenvalue weighted by Gasteiger charge is 2.47. The summed E-state index contributed by atoms with van der Waals surface area (Å²) >= 11 is 0. The van der Waals surface area contributed by atoms with Crippen LogP contribution in [0.3, 0.4) is 0 Å². The second-order valence-electron chi connectivity index (χ2n) is 13.3. The fourth-order valence-electron chi connectivity index (χ4n) is 8.16. The number of ether oxygens (including phenoxy) is 1. The number of likely N-dealkylation sites (tertiary alicyclic amines) is 1. The molecule has 2 aromatic heterocycles. The number of aryl methyl sites for hydroxylation is 1. The molecule has 4 fully saturated rings. The highest BCUT2D eigenvalue weighted by Crippen LogP contribution is 2.41. The van der Waals surface area contributed by atoms with Crippen molar-refractivity contribution in [3.05, 3.63) is 47.5 Å². The predicted molar refractivity (Wildman–Crippen MR) is 166 cm³/mol. The summed E-state index contributed by atoms with van der Waals surface area (Å²) in [6.45, 7) is 4.00. The average molecular weight is 567 g/mol. The minimum absolute atomic E-state index is 0.0375. The van der Waals surface area contributed by atoms with Crippen LogP contribution in [0.2, 0.25) is 0 Å². The minimum atomic E-state index is 0.0375. The fourth-order valence-corrected chi connectivity index (χ4v) is 8.16. The molecule has 1 amide bonds. The molecular formula is C34H42N6O2. The van der Waals surface area contributed by atoms with E-state index in [1.165, 1.54) is 42.1 Å². The molecule has 42 heavy (non-hydrogen) atoms. The Balaban J connectivity index is 1.22. The molecule has 8 rings (SSSR count). The summed E-state index contributed by atoms with van der Waals surface area (Å²) in [4.78, 5) is 20.9. The molecule has 220 valence electrons. The zero-order valence-electron chi connectivity index (χ0n) is 24.8. The number of amides is 1. The third kappa shape index (κ3) is 4.25. The third-order valence-electron chi connectivity index (χ3n) is 10.7. The Morgan fingerprint density at radius 1 is 1.05 bits per heavy atom. The standard InChI is InChI=1S/C34H42N6O2/c1-38-32-26(15-25(17-29(32)42-2)34(41)40-19-24-8-9-27(40)30(24)35)37-33(38)28-16-23-5-3-4-22(14-20-10-12-36-13-11-20)31(23)39(28)18-21-6-7-21/h3-5,15-17,20-21,24,27,30,36H,6-14,18-19,35H2,1-2H3/t24-,27-,30-/m1/s1. The van der Waals surface area contributed by atoms with Crippen molar-refractivity contribution in [3.8, 4) is 17.3 Å². The van der Waals surface area contributed by atoms with Crippen LogP contribution in [0.1, 0.15) is 54.4 Å². The van der Waals surface area contributed by atoms with Crippen LogP contribution < -0.4 is 15.8 Å². The largest absolute Gasteiger partial charge is 0.494 e. The lowest BCUT2D eigenvalue weighted by atomic mass is 9.90. The lowest BCUT2D eigenvalue weighted by Gasteiger charge is -2.27. The number of benzene rings is 2. The molecule has 0 unspecified atom stereocenters. The lowest BCUT2D eigenvalue weighted by Crippen LogP contribution is -2.41. The molecule has 2 aliphatic heterocycles. The number of carbonyl (C=O) groups excluding carboxylic acids is 1. The van der Waals surface area contributed by atoms with Crippen molar-refractivity contribution < 1.29 is 9.53 Å². The number of hydrogen-bond donors (Lipinski definition) is 2. The number of piperidine rings is 2. The molecule has 3 atom stereocenters. The van der Waals surface area contributed by atoms with Gasteiger partial charge < -0.3 is 29.8 Å². The Morgan fingerprint density at radius 2 is 1.88 bits per heavy atom. The zero-order chi connectivity index (χ0) is 28.5. The summed E-state index contributed by atoms with van der Waals surface area (Å²) < 4.78 is 10.6. The Hall–Kier alpha value is -3.36. The van der Waals surface area contributed by atoms with Crippen LogP contribution in [-0.2, 0) is 20.0 Å². The van der Waals surface area contributed by atoms with Crippen LogP contribution >= 0.6 is 0 Å². The number of imidazole rings is 1. The van der Waals surface area contributed by atoms with Crippen molar-refractivity contribution in [2.75, 3.05) is 26.7 Å². The summed E-state index contributed by atoms with van der Waals surface area (Å²) in [6, 6.07) is 13.2. The number of nitrogens with two attached hydrogens (primary N) is 1. The maximum atomic E-state index is 13.7. The molecule has 2 saturated carbocycles. The fraction of sp³-hybridized carbons (Fsp3) is 0.529. The number of hydrogen-bond acceptors (Lipinski definition) is 5. The van der Waals surface area contributed by atoms with Crippen LogP contribution in [0.5, 0.6) is 5.75 Å². The van der Waals surface area contributed by atoms with Crippen LogP contribution in [0.15, 0.2) is 36.4 Å². The van der Waals surface area contributed by atoms with Crippen LogP contribution in [-0.4, -0.2) is 63.8 Å². The number of nitrogens with zero attached hydrogens (tertiary/aromatic N) is 4. The van der Waals surface area contributed by atoms with Gasteiger partial charge in [0, 0.05) is 43.2 Å². The Bertz CT molecular complexity index is 1680. The Morgan fingerprint density at radius 3 is 2.60 bits per heavy atom. The summed E-state index contributed by atoms with van der Waals surface area (Å²) in [5.41, 5.74) is 12.7. The maximum absolute atomic E-state index is 13.7. The van der Waals surface area contributed by atoms with Gasteiger partial charge in [0.15, 0.2) is 5.82 Å². The van der Waals surface area contributed by atoms with Crippen molar-refractivity contribution >= 4 is 27.8 Å². The zero-order valence-corrected chi connectivity index (χ0v) is 24.8. The van der Waals surface area contributed by atoms with E-state index in [4.69, 9.17) is 15.5 Å². The van der Waals surface area contributed by atoms with Gasteiger partial charge in [0.1, 0.15) is 11.3 Å². The van der Waals surface area contributed by atoms with Gasteiger partial charge in [-0.25, -0.2) is 4.98 Å². The van der Waals surface area contributed by atoms with Gasteiger partial charge in [0.25, 0.3) is 5.91 Å². The SMILES string of the molecule is COc1cc(C(=O)N2C[C@H]3CC[C@@H]2[C@@H]3N)cc2nc(-c3cc4cccc(CC5CCNCC5)c4n3CC3CC3)n(C)c12. The van der Waals surface area contributed by atoms with E-state index >= 15 is 0 Å². The van der Waals surface area contributed by atoms with E-state index < -0.39 is 0 Å². The number of aromatic nitrogens is 3. The van der Waals surface area contributed by atoms with Gasteiger partial charge in [0.05, 0.1) is 23.8 Å². The number of fused-ring (bicyclic) bond motifs is 4. The summed E-state index contributed by atoms with van der Waals surface area (Å²) in [6.07, 6.45) is 8.30. The number of carbonyl (C=O) groups is 1. The smallest absolute Gasteiger partial charge is 0.254 e. The first-order valence-corrected chi connectivity index (χ1v) is 15.9. The van der Waals surface area contributed by atoms with E-state index in [0.717, 1.165) is 79.8 Å². The predicted octanol–water partition coefficient (Wildman–Crippen LogP) is 4.72. The molecular weight excluding hydrogens is 524 g/mol. The van der Waals surface area contributed by atoms with Crippen molar-refractivity contribution in [2.45, 2.75) is 63.6 Å². The number of methoxy groups -OCH3 is 1. The quantitative estimate of drug-likeness (QED) is 0.338. The first-order valence-electron chi connectivity index (χ1n) is 15.9. The molecule has 2 saturated heterocycles. The molecule has 4 heterocycles. The third-order valence-corrected chi connectivity index (χ3v) is 10.7. The molecule has 2 bridgehead atoms. The molecule has 8 heteroatoms. The van der Waals surface area contributed by atoms with E-state index in [1.807, 2.05) is 17.0 Å². The van der Waals surface area contributed by atoms with Crippen molar-refractivity contribution in [1.29, 1.82) is 0 Å². The number of para-hydroxylation sites is 1. The van der Waals surface area contributed by atoms with E-state index in [1.54, 1.807) is 7.11 Å². The second-order valence-corrected chi connectivity index (χ2v) is 13.3. The van der Waals surface area contributed by atoms with Crippen molar-refractivity contribution in [2.24, 2.45) is 30.5 Å². The number of rotatable bonds is 7. The molecule has 3 N–H and O–H groups in total. The van der Waals surface area contributed by atoms with Crippen molar-refractivity contribution in [3.63, 3.8) is 0 Å². The lowest BCUT2D eigenvalue weighted by molar-refractivity contribution is 0.0700. The Kier molecular flexibility index (Phi) is 6.34. The van der Waals surface area contributed by atoms with E-state index in [9.17, 15) is 4.79 Å². The molecule has 4 aromatic rings. The van der Waals surface area contributed by atoms with Crippen LogP contribution in [0.25, 0.3) is 33.5 Å². The van der Waals surface area contributed by atoms with Gasteiger partial charge in [-0.15, -0.1) is 0 Å². The summed E-state index contributed by atoms with van der Waals surface area (Å²) in [5.74, 6) is 3.50. The van der Waals surface area contributed by atoms with Crippen LogP contribution in [0, 0.1) is 17.8 Å². The Labute approximate surface area is 247 Å². The molecule has 0 radical (unpaired) electrons. The van der Waals surface area contributed by atoms with E-state index in [0.29, 0.717) is 17.2 Å². The first-order chi connectivity index (χ1) is 20.5. The first kappa shape index (κ1) is 26.3. The minimum Gasteiger partial charge on any atom is -0.494 e. The molecule has 2 aromatic carbocycles. The van der Waals surface area contributed by atoms with Gasteiger partial charge in [-0.1, -0.05) is 18.2 Å². The van der Waals surface area contributed by atoms with Gasteiger partial charge >= 0.3 is 0 Å². The molecule has 2 aliphatic carbocycles. The number of nitrogens with one attached hydrogen (secondary N) is 1. The van der Waals surface area contributed by atoms with Gasteiger partial charge in [-0.3, -0.25) is 4.79 Å². The normalized spacial score (nSPS) is 24.4. The van der Waals surface area contributed by atoms with Gasteiger partial charge in [-0.05, 0) is 99.6 Å². The van der Waals surface area contributed by atoms with E-state index in [-0.39, 0.29) is 18.0 Å².